The number of piperazine rings is 1. The summed E-state index contributed by atoms with van der Waals surface area (Å²) in [5.74, 6) is 1.07. The summed E-state index contributed by atoms with van der Waals surface area (Å²) in [5, 5.41) is 5.56. The number of thiophene rings is 1. The maximum atomic E-state index is 13.4. The molecule has 0 aromatic carbocycles. The molecule has 0 spiro atoms. The molecule has 0 radical (unpaired) electrons. The summed E-state index contributed by atoms with van der Waals surface area (Å²) in [6, 6.07) is 2.44. The van der Waals surface area contributed by atoms with Crippen molar-refractivity contribution in [1.82, 2.24) is 15.1 Å². The number of hydrogen-bond acceptors (Lipinski definition) is 4. The lowest BCUT2D eigenvalue weighted by atomic mass is 9.97. The zero-order valence-corrected chi connectivity index (χ0v) is 15.4. The first kappa shape index (κ1) is 16.9. The lowest BCUT2D eigenvalue weighted by Crippen LogP contribution is -2.55. The van der Waals surface area contributed by atoms with E-state index in [-0.39, 0.29) is 6.04 Å². The van der Waals surface area contributed by atoms with Gasteiger partial charge in [-0.2, -0.15) is 0 Å². The van der Waals surface area contributed by atoms with Crippen LogP contribution in [0.25, 0.3) is 0 Å². The average Bonchev–Trinajstić information content (AvgIpc) is 2.96. The van der Waals surface area contributed by atoms with Crippen LogP contribution in [0.1, 0.15) is 43.2 Å². The molecule has 2 aliphatic heterocycles. The van der Waals surface area contributed by atoms with Crippen molar-refractivity contribution in [2.75, 3.05) is 32.7 Å². The molecule has 2 aliphatic rings. The van der Waals surface area contributed by atoms with E-state index in [1.807, 2.05) is 0 Å². The van der Waals surface area contributed by atoms with Gasteiger partial charge in [0.1, 0.15) is 6.04 Å². The number of amides is 1. The summed E-state index contributed by atoms with van der Waals surface area (Å²) in [6.07, 6.45) is 2.28. The lowest BCUT2D eigenvalue weighted by Gasteiger charge is -2.42. The molecule has 1 amide bonds. The Kier molecular flexibility index (Phi) is 5.39. The van der Waals surface area contributed by atoms with Crippen LogP contribution in [0.15, 0.2) is 11.4 Å². The molecule has 3 rings (SSSR count). The van der Waals surface area contributed by atoms with Gasteiger partial charge in [-0.15, -0.1) is 11.3 Å². The zero-order chi connectivity index (χ0) is 16.4. The highest BCUT2D eigenvalue weighted by atomic mass is 32.1. The Labute approximate surface area is 143 Å². The number of carbonyl (C=O) groups is 1. The number of nitrogens with one attached hydrogen (secondary N) is 1. The fraction of sp³-hybridized carbons (Fsp3) is 0.722. The van der Waals surface area contributed by atoms with Crippen LogP contribution in [0.2, 0.25) is 0 Å². The standard InChI is InChI=1S/C18H29N3OS/c1-13-4-8-20(9-5-13)18(22)16(17-14(2)6-11-23-17)21-10-7-19-12-15(21)3/h6,11,13,15-16,19H,4-5,7-10,12H2,1-3H3. The maximum absolute atomic E-state index is 13.4. The minimum absolute atomic E-state index is 0.0968. The minimum Gasteiger partial charge on any atom is -0.341 e. The fourth-order valence-corrected chi connectivity index (χ4v) is 4.75. The third-order valence-corrected chi connectivity index (χ3v) is 6.43. The number of rotatable bonds is 3. The number of carbonyl (C=O) groups excluding carboxylic acids is 1. The number of piperidine rings is 1. The molecule has 4 nitrogen and oxygen atoms in total. The molecule has 128 valence electrons. The van der Waals surface area contributed by atoms with Crippen molar-refractivity contribution >= 4 is 17.2 Å². The van der Waals surface area contributed by atoms with Gasteiger partial charge in [-0.3, -0.25) is 9.69 Å². The van der Waals surface area contributed by atoms with Crippen LogP contribution in [0.3, 0.4) is 0 Å². The lowest BCUT2D eigenvalue weighted by molar-refractivity contribution is -0.140. The van der Waals surface area contributed by atoms with Crippen molar-refractivity contribution < 1.29 is 4.79 Å². The summed E-state index contributed by atoms with van der Waals surface area (Å²) in [5.41, 5.74) is 1.25. The van der Waals surface area contributed by atoms with E-state index < -0.39 is 0 Å². The van der Waals surface area contributed by atoms with E-state index >= 15 is 0 Å². The Balaban J connectivity index is 1.85. The van der Waals surface area contributed by atoms with Crippen LogP contribution in [0.5, 0.6) is 0 Å². The van der Waals surface area contributed by atoms with Crippen molar-refractivity contribution in [2.24, 2.45) is 5.92 Å². The Morgan fingerprint density at radius 2 is 2.04 bits per heavy atom. The smallest absolute Gasteiger partial charge is 0.245 e. The zero-order valence-electron chi connectivity index (χ0n) is 14.5. The van der Waals surface area contributed by atoms with Gasteiger partial charge < -0.3 is 10.2 Å². The van der Waals surface area contributed by atoms with Gasteiger partial charge in [-0.25, -0.2) is 0 Å². The van der Waals surface area contributed by atoms with Gasteiger partial charge in [-0.1, -0.05) is 6.92 Å². The first-order chi connectivity index (χ1) is 11.1. The van der Waals surface area contributed by atoms with Gasteiger partial charge in [0.25, 0.3) is 0 Å². The van der Waals surface area contributed by atoms with Gasteiger partial charge in [0.05, 0.1) is 0 Å². The molecule has 3 heterocycles. The Morgan fingerprint density at radius 1 is 1.30 bits per heavy atom. The molecule has 1 aromatic rings. The number of aryl methyl sites for hydroxylation is 1. The highest BCUT2D eigenvalue weighted by molar-refractivity contribution is 7.10. The molecule has 2 saturated heterocycles. The summed E-state index contributed by atoms with van der Waals surface area (Å²) >= 11 is 1.74. The molecule has 0 aliphatic carbocycles. The van der Waals surface area contributed by atoms with Crippen LogP contribution in [-0.4, -0.2) is 54.5 Å². The van der Waals surface area contributed by atoms with Crippen LogP contribution >= 0.6 is 11.3 Å². The van der Waals surface area contributed by atoms with E-state index in [9.17, 15) is 4.79 Å². The van der Waals surface area contributed by atoms with E-state index in [2.05, 4.69) is 47.3 Å². The van der Waals surface area contributed by atoms with Crippen molar-refractivity contribution in [3.63, 3.8) is 0 Å². The summed E-state index contributed by atoms with van der Waals surface area (Å²) in [4.78, 5) is 19.1. The number of hydrogen-bond donors (Lipinski definition) is 1. The predicted octanol–water partition coefficient (Wildman–Crippen LogP) is 2.65. The van der Waals surface area contributed by atoms with Crippen molar-refractivity contribution in [3.05, 3.63) is 21.9 Å². The van der Waals surface area contributed by atoms with E-state index in [0.717, 1.165) is 51.5 Å². The van der Waals surface area contributed by atoms with Crippen molar-refractivity contribution in [3.8, 4) is 0 Å². The number of nitrogens with zero attached hydrogens (tertiary/aromatic N) is 2. The quantitative estimate of drug-likeness (QED) is 0.922. The molecule has 23 heavy (non-hydrogen) atoms. The molecule has 1 N–H and O–H groups in total. The van der Waals surface area contributed by atoms with Crippen molar-refractivity contribution in [2.45, 2.75) is 45.7 Å². The van der Waals surface area contributed by atoms with Gasteiger partial charge in [0.2, 0.25) is 5.91 Å². The third-order valence-electron chi connectivity index (χ3n) is 5.36. The van der Waals surface area contributed by atoms with E-state index in [4.69, 9.17) is 0 Å². The Morgan fingerprint density at radius 3 is 2.65 bits per heavy atom. The largest absolute Gasteiger partial charge is 0.341 e. The first-order valence-electron chi connectivity index (χ1n) is 8.87. The SMILES string of the molecule is Cc1ccsc1C(C(=O)N1CCC(C)CC1)N1CCNCC1C. The Hall–Kier alpha value is -0.910. The highest BCUT2D eigenvalue weighted by Gasteiger charge is 2.37. The van der Waals surface area contributed by atoms with Gasteiger partial charge in [-0.05, 0) is 49.6 Å². The van der Waals surface area contributed by atoms with Gasteiger partial charge in [0.15, 0.2) is 0 Å². The van der Waals surface area contributed by atoms with Crippen LogP contribution in [0.4, 0.5) is 0 Å². The predicted molar refractivity (Wildman–Crippen MR) is 95.8 cm³/mol. The van der Waals surface area contributed by atoms with Gasteiger partial charge >= 0.3 is 0 Å². The fourth-order valence-electron chi connectivity index (χ4n) is 3.71. The minimum atomic E-state index is -0.0968. The molecule has 1 aromatic heterocycles. The van der Waals surface area contributed by atoms with Gasteiger partial charge in [0, 0.05) is 43.6 Å². The molecule has 2 atom stereocenters. The molecule has 0 bridgehead atoms. The van der Waals surface area contributed by atoms with Crippen LogP contribution < -0.4 is 5.32 Å². The summed E-state index contributed by atoms with van der Waals surface area (Å²) in [7, 11) is 0. The number of likely N-dealkylation sites (tertiary alicyclic amines) is 1. The molecular formula is C18H29N3OS. The second kappa shape index (κ2) is 7.32. The Bertz CT molecular complexity index is 536. The topological polar surface area (TPSA) is 35.6 Å². The van der Waals surface area contributed by atoms with Crippen LogP contribution in [-0.2, 0) is 4.79 Å². The second-order valence-corrected chi connectivity index (χ2v) is 8.12. The molecular weight excluding hydrogens is 306 g/mol. The normalized spacial score (nSPS) is 25.5. The summed E-state index contributed by atoms with van der Waals surface area (Å²) in [6.45, 7) is 11.4. The highest BCUT2D eigenvalue weighted by Crippen LogP contribution is 2.33. The monoisotopic (exact) mass is 335 g/mol. The molecule has 0 saturated carbocycles. The van der Waals surface area contributed by atoms with E-state index in [1.165, 1.54) is 10.4 Å². The van der Waals surface area contributed by atoms with E-state index in [1.54, 1.807) is 11.3 Å². The maximum Gasteiger partial charge on any atom is 0.245 e. The van der Waals surface area contributed by atoms with Crippen molar-refractivity contribution in [1.29, 1.82) is 0 Å². The third kappa shape index (κ3) is 3.62. The molecule has 5 heteroatoms. The van der Waals surface area contributed by atoms with E-state index in [0.29, 0.717) is 11.9 Å². The average molecular weight is 336 g/mol. The summed E-state index contributed by atoms with van der Waals surface area (Å²) < 4.78 is 0. The first-order valence-corrected chi connectivity index (χ1v) is 9.75. The second-order valence-electron chi connectivity index (χ2n) is 7.17. The molecule has 2 fully saturated rings. The molecule has 2 unspecified atom stereocenters. The van der Waals surface area contributed by atoms with Crippen LogP contribution in [0, 0.1) is 12.8 Å².